The Morgan fingerprint density at radius 1 is 1.06 bits per heavy atom. The van der Waals surface area contributed by atoms with Crippen LogP contribution < -0.4 is 10.1 Å². The summed E-state index contributed by atoms with van der Waals surface area (Å²) in [6.45, 7) is 8.83. The predicted octanol–water partition coefficient (Wildman–Crippen LogP) is 2.99. The van der Waals surface area contributed by atoms with E-state index in [-0.39, 0.29) is 5.54 Å². The summed E-state index contributed by atoms with van der Waals surface area (Å²) in [6, 6.07) is 8.24. The number of hydrogen-bond acceptors (Lipinski definition) is 3. The molecule has 0 aromatic heterocycles. The molecule has 1 aromatic rings. The van der Waals surface area contributed by atoms with Crippen LogP contribution in [-0.4, -0.2) is 25.9 Å². The van der Waals surface area contributed by atoms with E-state index >= 15 is 0 Å². The van der Waals surface area contributed by atoms with Crippen LogP contribution in [0.25, 0.3) is 0 Å². The lowest BCUT2D eigenvalue weighted by Crippen LogP contribution is -2.35. The van der Waals surface area contributed by atoms with E-state index in [1.807, 2.05) is 12.1 Å². The lowest BCUT2D eigenvalue weighted by molar-refractivity contribution is 0.172. The van der Waals surface area contributed by atoms with E-state index in [1.165, 1.54) is 5.56 Å². The van der Waals surface area contributed by atoms with Gasteiger partial charge in [0.2, 0.25) is 0 Å². The molecule has 0 aliphatic rings. The first-order valence-electron chi connectivity index (χ1n) is 6.47. The average molecular weight is 251 g/mol. The summed E-state index contributed by atoms with van der Waals surface area (Å²) >= 11 is 0. The van der Waals surface area contributed by atoms with Crippen molar-refractivity contribution >= 4 is 0 Å². The van der Waals surface area contributed by atoms with Crippen LogP contribution in [0, 0.1) is 0 Å². The number of rotatable bonds is 7. The van der Waals surface area contributed by atoms with Crippen LogP contribution in [0.4, 0.5) is 0 Å². The minimum atomic E-state index is 0.148. The van der Waals surface area contributed by atoms with Gasteiger partial charge in [0.05, 0.1) is 6.61 Å². The second-order valence-corrected chi connectivity index (χ2v) is 5.44. The van der Waals surface area contributed by atoms with Gasteiger partial charge < -0.3 is 14.8 Å². The molecule has 1 N–H and O–H groups in total. The van der Waals surface area contributed by atoms with Gasteiger partial charge in [-0.15, -0.1) is 0 Å². The molecule has 18 heavy (non-hydrogen) atoms. The number of methoxy groups -OCH3 is 1. The monoisotopic (exact) mass is 251 g/mol. The third-order valence-electron chi connectivity index (χ3n) is 2.51. The highest BCUT2D eigenvalue weighted by Crippen LogP contribution is 2.13. The van der Waals surface area contributed by atoms with Crippen molar-refractivity contribution in [1.29, 1.82) is 0 Å². The first-order valence-corrected chi connectivity index (χ1v) is 6.47. The van der Waals surface area contributed by atoms with Crippen molar-refractivity contribution in [3.63, 3.8) is 0 Å². The molecular formula is C15H25NO2. The Labute approximate surface area is 110 Å². The molecule has 3 heteroatoms. The molecule has 0 amide bonds. The molecule has 0 bridgehead atoms. The van der Waals surface area contributed by atoms with Crippen LogP contribution in [0.2, 0.25) is 0 Å². The van der Waals surface area contributed by atoms with E-state index < -0.39 is 0 Å². The molecule has 1 aromatic carbocycles. The fraction of sp³-hybridized carbons (Fsp3) is 0.600. The van der Waals surface area contributed by atoms with Crippen LogP contribution in [0.3, 0.4) is 0 Å². The Morgan fingerprint density at radius 3 is 2.28 bits per heavy atom. The molecule has 3 nitrogen and oxygen atoms in total. The second-order valence-electron chi connectivity index (χ2n) is 5.44. The summed E-state index contributed by atoms with van der Waals surface area (Å²) < 4.78 is 10.6. The summed E-state index contributed by atoms with van der Waals surface area (Å²) in [4.78, 5) is 0. The van der Waals surface area contributed by atoms with Crippen molar-refractivity contribution in [2.75, 3.05) is 20.3 Å². The third kappa shape index (κ3) is 6.62. The maximum absolute atomic E-state index is 5.61. The first kappa shape index (κ1) is 15.0. The normalized spacial score (nSPS) is 11.6. The number of benzene rings is 1. The lowest BCUT2D eigenvalue weighted by Gasteiger charge is -2.20. The molecule has 0 saturated carbocycles. The lowest BCUT2D eigenvalue weighted by atomic mass is 10.1. The molecule has 0 fully saturated rings. The van der Waals surface area contributed by atoms with Crippen LogP contribution >= 0.6 is 0 Å². The summed E-state index contributed by atoms with van der Waals surface area (Å²) in [5.74, 6) is 0.922. The van der Waals surface area contributed by atoms with E-state index in [4.69, 9.17) is 9.47 Å². The molecule has 0 aliphatic heterocycles. The van der Waals surface area contributed by atoms with Crippen LogP contribution in [-0.2, 0) is 11.3 Å². The van der Waals surface area contributed by atoms with Crippen LogP contribution in [0.1, 0.15) is 32.8 Å². The van der Waals surface area contributed by atoms with Gasteiger partial charge in [0.25, 0.3) is 0 Å². The molecule has 0 heterocycles. The van der Waals surface area contributed by atoms with Gasteiger partial charge in [-0.1, -0.05) is 12.1 Å². The van der Waals surface area contributed by atoms with Gasteiger partial charge in [0, 0.05) is 32.2 Å². The van der Waals surface area contributed by atoms with Gasteiger partial charge in [-0.25, -0.2) is 0 Å². The van der Waals surface area contributed by atoms with Crippen molar-refractivity contribution in [2.24, 2.45) is 0 Å². The SMILES string of the molecule is COCCCOc1ccc(CNC(C)(C)C)cc1. The molecule has 102 valence electrons. The average Bonchev–Trinajstić information content (AvgIpc) is 2.33. The van der Waals surface area contributed by atoms with Gasteiger partial charge in [0.15, 0.2) is 0 Å². The summed E-state index contributed by atoms with van der Waals surface area (Å²) in [5.41, 5.74) is 1.42. The third-order valence-corrected chi connectivity index (χ3v) is 2.51. The van der Waals surface area contributed by atoms with Crippen molar-refractivity contribution < 1.29 is 9.47 Å². The topological polar surface area (TPSA) is 30.5 Å². The zero-order chi connectivity index (χ0) is 13.4. The van der Waals surface area contributed by atoms with Gasteiger partial charge in [0.1, 0.15) is 5.75 Å². The molecule has 0 aliphatic carbocycles. The summed E-state index contributed by atoms with van der Waals surface area (Å²) in [6.07, 6.45) is 0.920. The Balaban J connectivity index is 2.33. The number of nitrogens with one attached hydrogen (secondary N) is 1. The van der Waals surface area contributed by atoms with Crippen LogP contribution in [0.5, 0.6) is 5.75 Å². The zero-order valence-corrected chi connectivity index (χ0v) is 12.0. The summed E-state index contributed by atoms with van der Waals surface area (Å²) in [5, 5.41) is 3.46. The van der Waals surface area contributed by atoms with Gasteiger partial charge in [-0.3, -0.25) is 0 Å². The summed E-state index contributed by atoms with van der Waals surface area (Å²) in [7, 11) is 1.71. The van der Waals surface area contributed by atoms with E-state index in [0.29, 0.717) is 6.61 Å². The largest absolute Gasteiger partial charge is 0.494 e. The zero-order valence-electron chi connectivity index (χ0n) is 12.0. The maximum atomic E-state index is 5.61. The van der Waals surface area contributed by atoms with Gasteiger partial charge in [-0.2, -0.15) is 0 Å². The first-order chi connectivity index (χ1) is 8.51. The van der Waals surface area contributed by atoms with Crippen molar-refractivity contribution in [1.82, 2.24) is 5.32 Å². The molecule has 0 unspecified atom stereocenters. The standard InChI is InChI=1S/C15H25NO2/c1-15(2,3)16-12-13-6-8-14(9-7-13)18-11-5-10-17-4/h6-9,16H,5,10-12H2,1-4H3. The van der Waals surface area contributed by atoms with E-state index in [9.17, 15) is 0 Å². The van der Waals surface area contributed by atoms with Crippen molar-refractivity contribution in [3.05, 3.63) is 29.8 Å². The molecular weight excluding hydrogens is 226 g/mol. The molecule has 0 atom stereocenters. The highest BCUT2D eigenvalue weighted by Gasteiger charge is 2.08. The van der Waals surface area contributed by atoms with Gasteiger partial charge >= 0.3 is 0 Å². The Kier molecular flexibility index (Phi) is 6.16. The predicted molar refractivity (Wildman–Crippen MR) is 75.0 cm³/mol. The molecule has 0 radical (unpaired) electrons. The highest BCUT2D eigenvalue weighted by molar-refractivity contribution is 5.27. The van der Waals surface area contributed by atoms with Crippen molar-refractivity contribution in [3.8, 4) is 5.75 Å². The minimum Gasteiger partial charge on any atom is -0.494 e. The molecule has 0 saturated heterocycles. The Bertz CT molecular complexity index is 327. The smallest absolute Gasteiger partial charge is 0.119 e. The maximum Gasteiger partial charge on any atom is 0.119 e. The Hall–Kier alpha value is -1.06. The van der Waals surface area contributed by atoms with Crippen molar-refractivity contribution in [2.45, 2.75) is 39.3 Å². The second kappa shape index (κ2) is 7.39. The number of hydrogen-bond donors (Lipinski definition) is 1. The van der Waals surface area contributed by atoms with Gasteiger partial charge in [-0.05, 0) is 38.5 Å². The van der Waals surface area contributed by atoms with E-state index in [2.05, 4.69) is 38.2 Å². The van der Waals surface area contributed by atoms with Crippen LogP contribution in [0.15, 0.2) is 24.3 Å². The fourth-order valence-corrected chi connectivity index (χ4v) is 1.46. The Morgan fingerprint density at radius 2 is 1.72 bits per heavy atom. The van der Waals surface area contributed by atoms with E-state index in [1.54, 1.807) is 7.11 Å². The van der Waals surface area contributed by atoms with E-state index in [0.717, 1.165) is 25.3 Å². The minimum absolute atomic E-state index is 0.148. The molecule has 0 spiro atoms. The molecule has 1 rings (SSSR count). The fourth-order valence-electron chi connectivity index (χ4n) is 1.46. The number of ether oxygens (including phenoxy) is 2. The quantitative estimate of drug-likeness (QED) is 0.756. The highest BCUT2D eigenvalue weighted by atomic mass is 16.5.